The average Bonchev–Trinajstić information content (AvgIpc) is 2.32. The van der Waals surface area contributed by atoms with Crippen LogP contribution in [0.25, 0.3) is 0 Å². The zero-order chi connectivity index (χ0) is 9.30. The maximum atomic E-state index is 10.5. The number of esters is 1. The van der Waals surface area contributed by atoms with E-state index in [-0.39, 0.29) is 45.5 Å². The molecular formula is C6H10O6Sr. The van der Waals surface area contributed by atoms with Gasteiger partial charge in [-0.15, -0.1) is 0 Å². The van der Waals surface area contributed by atoms with Crippen LogP contribution in [-0.2, 0) is 9.53 Å². The number of ether oxygens (including phenoxy) is 1. The average molecular weight is 266 g/mol. The summed E-state index contributed by atoms with van der Waals surface area (Å²) in [6.07, 6.45) is -2.78. The first-order valence-corrected chi connectivity index (χ1v) is 3.20. The molecule has 0 aromatic carbocycles. The first-order chi connectivity index (χ1) is 5.57. The predicted molar refractivity (Wildman–Crippen MR) is 43.8 cm³/mol. The molecule has 2 atom stereocenters. The molecule has 1 aliphatic heterocycles. The number of hydrogen-bond acceptors (Lipinski definition) is 6. The molecule has 0 amide bonds. The number of aliphatic hydroxyl groups is 4. The third-order valence-corrected chi connectivity index (χ3v) is 1.48. The second-order valence-corrected chi connectivity index (χ2v) is 2.31. The van der Waals surface area contributed by atoms with E-state index in [1.165, 1.54) is 0 Å². The predicted octanol–water partition coefficient (Wildman–Crippen LogP) is -2.32. The fourth-order valence-electron chi connectivity index (χ4n) is 0.823. The molecule has 0 bridgehead atoms. The van der Waals surface area contributed by atoms with Crippen molar-refractivity contribution in [2.45, 2.75) is 12.2 Å². The van der Waals surface area contributed by atoms with Gasteiger partial charge in [0.25, 0.3) is 0 Å². The van der Waals surface area contributed by atoms with Gasteiger partial charge in [0.15, 0.2) is 11.9 Å². The number of carbonyl (C=O) groups excluding carboxylic acids is 1. The van der Waals surface area contributed by atoms with Crippen molar-refractivity contribution < 1.29 is 30.0 Å². The summed E-state index contributed by atoms with van der Waals surface area (Å²) in [5.41, 5.74) is 0. The van der Waals surface area contributed by atoms with E-state index in [0.717, 1.165) is 0 Å². The van der Waals surface area contributed by atoms with Gasteiger partial charge in [-0.2, -0.15) is 0 Å². The van der Waals surface area contributed by atoms with Gasteiger partial charge >= 0.3 is 51.5 Å². The number of hydrogen-bond donors (Lipinski definition) is 4. The molecule has 1 rings (SSSR count). The van der Waals surface area contributed by atoms with E-state index in [0.29, 0.717) is 0 Å². The van der Waals surface area contributed by atoms with Gasteiger partial charge in [-0.05, 0) is 0 Å². The summed E-state index contributed by atoms with van der Waals surface area (Å²) in [4.78, 5) is 10.5. The first-order valence-electron chi connectivity index (χ1n) is 3.20. The van der Waals surface area contributed by atoms with E-state index in [2.05, 4.69) is 4.74 Å². The molecule has 0 spiro atoms. The van der Waals surface area contributed by atoms with Crippen molar-refractivity contribution in [3.05, 3.63) is 11.5 Å². The molecule has 0 aromatic rings. The van der Waals surface area contributed by atoms with Gasteiger partial charge in [0, 0.05) is 0 Å². The van der Waals surface area contributed by atoms with E-state index in [4.69, 9.17) is 20.4 Å². The first kappa shape index (κ1) is 13.2. The summed E-state index contributed by atoms with van der Waals surface area (Å²) in [6, 6.07) is 0. The van der Waals surface area contributed by atoms with Crippen LogP contribution in [0.4, 0.5) is 0 Å². The van der Waals surface area contributed by atoms with Crippen molar-refractivity contribution in [3.8, 4) is 0 Å². The van der Waals surface area contributed by atoms with Gasteiger partial charge < -0.3 is 25.2 Å². The van der Waals surface area contributed by atoms with Crippen LogP contribution in [0.1, 0.15) is 0 Å². The molecule has 1 heterocycles. The Morgan fingerprint density at radius 3 is 2.31 bits per heavy atom. The molecule has 0 aliphatic carbocycles. The van der Waals surface area contributed by atoms with E-state index in [1.807, 2.05) is 0 Å². The third-order valence-electron chi connectivity index (χ3n) is 1.48. The van der Waals surface area contributed by atoms with E-state index in [9.17, 15) is 4.79 Å². The molecule has 1 aliphatic rings. The SMILES string of the molecule is O=C1O[C@H](C(O)CO)C(O)=C1O.[SrH2]. The molecule has 4 N–H and O–H groups in total. The van der Waals surface area contributed by atoms with Gasteiger partial charge in [0.2, 0.25) is 5.76 Å². The van der Waals surface area contributed by atoms with Gasteiger partial charge in [-0.25, -0.2) is 4.79 Å². The van der Waals surface area contributed by atoms with Crippen LogP contribution in [0.2, 0.25) is 0 Å². The van der Waals surface area contributed by atoms with Crippen LogP contribution in [0.5, 0.6) is 0 Å². The number of carbonyl (C=O) groups is 1. The Kier molecular flexibility index (Phi) is 5.26. The summed E-state index contributed by atoms with van der Waals surface area (Å²) in [7, 11) is 0. The molecular weight excluding hydrogens is 256 g/mol. The van der Waals surface area contributed by atoms with E-state index >= 15 is 0 Å². The molecule has 6 nitrogen and oxygen atoms in total. The maximum absolute atomic E-state index is 10.5. The van der Waals surface area contributed by atoms with E-state index < -0.39 is 36.3 Å². The van der Waals surface area contributed by atoms with E-state index in [1.54, 1.807) is 0 Å². The standard InChI is InChI=1S/C6H8O6.Sr.2H/c7-1-2(8)5-3(9)4(10)6(11)12-5;;;/h2,5,7-10H,1H2;;;/t2?,5-;;;/m1.../s1. The van der Waals surface area contributed by atoms with Crippen molar-refractivity contribution in [1.29, 1.82) is 0 Å². The fourth-order valence-corrected chi connectivity index (χ4v) is 0.823. The molecule has 13 heavy (non-hydrogen) atoms. The zero-order valence-corrected chi connectivity index (χ0v) is 5.97. The summed E-state index contributed by atoms with van der Waals surface area (Å²) in [5.74, 6) is -2.78. The van der Waals surface area contributed by atoms with Crippen LogP contribution < -0.4 is 0 Å². The summed E-state index contributed by atoms with van der Waals surface area (Å²) >= 11 is 0. The van der Waals surface area contributed by atoms with Crippen molar-refractivity contribution >= 4 is 51.5 Å². The monoisotopic (exact) mass is 266 g/mol. The van der Waals surface area contributed by atoms with Gasteiger partial charge in [-0.1, -0.05) is 0 Å². The summed E-state index contributed by atoms with van der Waals surface area (Å²) < 4.78 is 4.32. The van der Waals surface area contributed by atoms with Crippen LogP contribution in [0, 0.1) is 0 Å². The Balaban J connectivity index is 0.00000144. The minimum atomic E-state index is -1.42. The second-order valence-electron chi connectivity index (χ2n) is 2.31. The Morgan fingerprint density at radius 1 is 1.46 bits per heavy atom. The van der Waals surface area contributed by atoms with Crippen molar-refractivity contribution in [1.82, 2.24) is 0 Å². The number of aliphatic hydroxyl groups excluding tert-OH is 4. The number of rotatable bonds is 2. The van der Waals surface area contributed by atoms with Crippen molar-refractivity contribution in [3.63, 3.8) is 0 Å². The normalized spacial score (nSPS) is 23.8. The zero-order valence-electron chi connectivity index (χ0n) is 5.97. The molecule has 0 radical (unpaired) electrons. The van der Waals surface area contributed by atoms with Crippen molar-refractivity contribution in [2.24, 2.45) is 0 Å². The molecule has 0 saturated heterocycles. The van der Waals surface area contributed by atoms with Crippen LogP contribution in [0.3, 0.4) is 0 Å². The fraction of sp³-hybridized carbons (Fsp3) is 0.500. The van der Waals surface area contributed by atoms with Crippen LogP contribution >= 0.6 is 0 Å². The summed E-state index contributed by atoms with van der Waals surface area (Å²) in [6.45, 7) is -0.671. The Bertz CT molecular complexity index is 237. The molecule has 1 unspecified atom stereocenters. The van der Waals surface area contributed by atoms with Gasteiger partial charge in [0.05, 0.1) is 6.61 Å². The van der Waals surface area contributed by atoms with Gasteiger partial charge in [-0.3, -0.25) is 0 Å². The minimum absolute atomic E-state index is 0. The van der Waals surface area contributed by atoms with Crippen molar-refractivity contribution in [2.75, 3.05) is 6.61 Å². The third kappa shape index (κ3) is 2.58. The molecule has 0 saturated carbocycles. The Hall–Kier alpha value is 0.211. The second kappa shape index (κ2) is 5.18. The van der Waals surface area contributed by atoms with Crippen LogP contribution in [0.15, 0.2) is 11.5 Å². The number of cyclic esters (lactones) is 1. The molecule has 7 heteroatoms. The molecule has 0 fully saturated rings. The molecule has 0 aromatic heterocycles. The Morgan fingerprint density at radius 2 is 2.00 bits per heavy atom. The van der Waals surface area contributed by atoms with Crippen LogP contribution in [-0.4, -0.2) is 90.7 Å². The van der Waals surface area contributed by atoms with Gasteiger partial charge in [0.1, 0.15) is 6.10 Å². The topological polar surface area (TPSA) is 107 Å². The molecule has 72 valence electrons. The Labute approximate surface area is 111 Å². The summed E-state index contributed by atoms with van der Waals surface area (Å²) in [5, 5.41) is 35.0. The quantitative estimate of drug-likeness (QED) is 0.330.